The Balaban J connectivity index is 1.98. The van der Waals surface area contributed by atoms with Crippen molar-refractivity contribution in [2.75, 3.05) is 43.0 Å². The summed E-state index contributed by atoms with van der Waals surface area (Å²) in [5.41, 5.74) is -0.491. The van der Waals surface area contributed by atoms with Gasteiger partial charge in [-0.3, -0.25) is 5.32 Å². The van der Waals surface area contributed by atoms with Crippen LogP contribution in [0.25, 0.3) is 0 Å². The van der Waals surface area contributed by atoms with Gasteiger partial charge in [0.05, 0.1) is 5.69 Å². The summed E-state index contributed by atoms with van der Waals surface area (Å²) in [6.45, 7) is 5.82. The SMILES string of the molecule is CNC(C)(O)c1cc(N2CCCC2)nc(N2CCCC2)n1. The zero-order chi connectivity index (χ0) is 14.9. The van der Waals surface area contributed by atoms with Gasteiger partial charge in [0, 0.05) is 32.2 Å². The predicted molar refractivity (Wildman–Crippen MR) is 83.6 cm³/mol. The second-order valence-electron chi connectivity index (χ2n) is 6.12. The lowest BCUT2D eigenvalue weighted by atomic mass is 10.1. The van der Waals surface area contributed by atoms with Crippen molar-refractivity contribution < 1.29 is 5.11 Å². The minimum absolute atomic E-state index is 0.642. The molecule has 1 unspecified atom stereocenters. The summed E-state index contributed by atoms with van der Waals surface area (Å²) in [6.07, 6.45) is 4.80. The second kappa shape index (κ2) is 5.77. The molecule has 2 saturated heterocycles. The number of nitrogens with zero attached hydrogens (tertiary/aromatic N) is 4. The molecule has 1 aromatic rings. The van der Waals surface area contributed by atoms with Crippen LogP contribution in [0, 0.1) is 0 Å². The van der Waals surface area contributed by atoms with E-state index in [4.69, 9.17) is 4.98 Å². The zero-order valence-electron chi connectivity index (χ0n) is 13.0. The Labute approximate surface area is 126 Å². The van der Waals surface area contributed by atoms with E-state index in [9.17, 15) is 5.11 Å². The summed E-state index contributed by atoms with van der Waals surface area (Å²) in [6, 6.07) is 1.92. The Morgan fingerprint density at radius 3 is 2.19 bits per heavy atom. The first-order valence-electron chi connectivity index (χ1n) is 7.91. The molecule has 3 heterocycles. The number of anilines is 2. The van der Waals surface area contributed by atoms with E-state index in [1.54, 1.807) is 14.0 Å². The molecular formula is C15H25N5O. The molecule has 0 aliphatic carbocycles. The first-order valence-corrected chi connectivity index (χ1v) is 7.91. The van der Waals surface area contributed by atoms with Crippen LogP contribution in [0.3, 0.4) is 0 Å². The van der Waals surface area contributed by atoms with Crippen LogP contribution in [-0.4, -0.2) is 48.3 Å². The predicted octanol–water partition coefficient (Wildman–Crippen LogP) is 1.06. The van der Waals surface area contributed by atoms with Crippen LogP contribution < -0.4 is 15.1 Å². The maximum absolute atomic E-state index is 10.5. The van der Waals surface area contributed by atoms with Crippen LogP contribution in [0.1, 0.15) is 38.3 Å². The number of hydrogen-bond donors (Lipinski definition) is 2. The summed E-state index contributed by atoms with van der Waals surface area (Å²) in [5.74, 6) is 1.69. The van der Waals surface area contributed by atoms with Crippen LogP contribution in [0.5, 0.6) is 0 Å². The van der Waals surface area contributed by atoms with Crippen molar-refractivity contribution in [1.82, 2.24) is 15.3 Å². The summed E-state index contributed by atoms with van der Waals surface area (Å²) in [5, 5.41) is 13.4. The Hall–Kier alpha value is -1.40. The van der Waals surface area contributed by atoms with Gasteiger partial charge in [0.1, 0.15) is 5.82 Å². The molecule has 0 amide bonds. The van der Waals surface area contributed by atoms with Crippen LogP contribution in [0.4, 0.5) is 11.8 Å². The summed E-state index contributed by atoms with van der Waals surface area (Å²) >= 11 is 0. The largest absolute Gasteiger partial charge is 0.370 e. The molecule has 2 N–H and O–H groups in total. The van der Waals surface area contributed by atoms with Crippen LogP contribution in [-0.2, 0) is 5.72 Å². The lowest BCUT2D eigenvalue weighted by molar-refractivity contribution is 0.0238. The van der Waals surface area contributed by atoms with Gasteiger partial charge in [-0.05, 0) is 39.7 Å². The fraction of sp³-hybridized carbons (Fsp3) is 0.733. The zero-order valence-corrected chi connectivity index (χ0v) is 13.0. The topological polar surface area (TPSA) is 64.5 Å². The van der Waals surface area contributed by atoms with Crippen LogP contribution in [0.2, 0.25) is 0 Å². The third-order valence-corrected chi connectivity index (χ3v) is 4.51. The molecule has 3 rings (SSSR count). The van der Waals surface area contributed by atoms with E-state index in [0.29, 0.717) is 5.69 Å². The summed E-state index contributed by atoms with van der Waals surface area (Å²) < 4.78 is 0. The maximum Gasteiger partial charge on any atom is 0.227 e. The molecule has 0 aromatic carbocycles. The van der Waals surface area contributed by atoms with Crippen LogP contribution in [0.15, 0.2) is 6.07 Å². The molecule has 6 heteroatoms. The average molecular weight is 291 g/mol. The van der Waals surface area contributed by atoms with Gasteiger partial charge in [-0.1, -0.05) is 0 Å². The van der Waals surface area contributed by atoms with Crippen molar-refractivity contribution in [3.05, 3.63) is 11.8 Å². The Bertz CT molecular complexity index is 459. The Morgan fingerprint density at radius 2 is 1.62 bits per heavy atom. The highest BCUT2D eigenvalue weighted by atomic mass is 16.3. The lowest BCUT2D eigenvalue weighted by Crippen LogP contribution is -2.38. The molecule has 1 atom stereocenters. The molecule has 2 aliphatic heterocycles. The molecular weight excluding hydrogens is 266 g/mol. The molecule has 116 valence electrons. The van der Waals surface area contributed by atoms with E-state index >= 15 is 0 Å². The van der Waals surface area contributed by atoms with Crippen molar-refractivity contribution in [3.8, 4) is 0 Å². The van der Waals surface area contributed by atoms with Gasteiger partial charge in [-0.2, -0.15) is 4.98 Å². The second-order valence-corrected chi connectivity index (χ2v) is 6.12. The van der Waals surface area contributed by atoms with E-state index < -0.39 is 5.72 Å². The van der Waals surface area contributed by atoms with E-state index in [1.807, 2.05) is 6.07 Å². The van der Waals surface area contributed by atoms with Gasteiger partial charge < -0.3 is 14.9 Å². The van der Waals surface area contributed by atoms with Gasteiger partial charge in [0.2, 0.25) is 5.95 Å². The molecule has 0 saturated carbocycles. The number of hydrogen-bond acceptors (Lipinski definition) is 6. The van der Waals surface area contributed by atoms with Crippen molar-refractivity contribution in [1.29, 1.82) is 0 Å². The normalized spacial score (nSPS) is 21.9. The van der Waals surface area contributed by atoms with Crippen molar-refractivity contribution >= 4 is 11.8 Å². The monoisotopic (exact) mass is 291 g/mol. The fourth-order valence-corrected chi connectivity index (χ4v) is 2.97. The summed E-state index contributed by atoms with van der Waals surface area (Å²) in [4.78, 5) is 13.9. The highest BCUT2D eigenvalue weighted by molar-refractivity contribution is 5.48. The average Bonchev–Trinajstić information content (AvgIpc) is 3.19. The highest BCUT2D eigenvalue weighted by Gasteiger charge is 2.27. The van der Waals surface area contributed by atoms with Crippen molar-refractivity contribution in [3.63, 3.8) is 0 Å². The molecule has 2 aliphatic rings. The Morgan fingerprint density at radius 1 is 1.05 bits per heavy atom. The molecule has 0 radical (unpaired) electrons. The first-order chi connectivity index (χ1) is 10.1. The van der Waals surface area contributed by atoms with Gasteiger partial charge in [-0.15, -0.1) is 0 Å². The summed E-state index contributed by atoms with van der Waals surface area (Å²) in [7, 11) is 1.74. The molecule has 1 aromatic heterocycles. The third kappa shape index (κ3) is 2.96. The Kier molecular flexibility index (Phi) is 3.99. The minimum Gasteiger partial charge on any atom is -0.370 e. The molecule has 0 bridgehead atoms. The van der Waals surface area contributed by atoms with Gasteiger partial charge in [0.25, 0.3) is 0 Å². The van der Waals surface area contributed by atoms with Gasteiger partial charge in [-0.25, -0.2) is 4.98 Å². The third-order valence-electron chi connectivity index (χ3n) is 4.51. The van der Waals surface area contributed by atoms with Crippen LogP contribution >= 0.6 is 0 Å². The number of rotatable bonds is 4. The molecule has 6 nitrogen and oxygen atoms in total. The number of aliphatic hydroxyl groups is 1. The first kappa shape index (κ1) is 14.5. The minimum atomic E-state index is -1.13. The number of aromatic nitrogens is 2. The lowest BCUT2D eigenvalue weighted by Gasteiger charge is -2.26. The number of nitrogens with one attached hydrogen (secondary N) is 1. The van der Waals surface area contributed by atoms with E-state index in [0.717, 1.165) is 37.9 Å². The smallest absolute Gasteiger partial charge is 0.227 e. The highest BCUT2D eigenvalue weighted by Crippen LogP contribution is 2.27. The molecule has 21 heavy (non-hydrogen) atoms. The van der Waals surface area contributed by atoms with Gasteiger partial charge >= 0.3 is 0 Å². The van der Waals surface area contributed by atoms with E-state index in [2.05, 4.69) is 20.1 Å². The molecule has 0 spiro atoms. The fourth-order valence-electron chi connectivity index (χ4n) is 2.97. The van der Waals surface area contributed by atoms with Crippen molar-refractivity contribution in [2.24, 2.45) is 0 Å². The quantitative estimate of drug-likeness (QED) is 0.809. The van der Waals surface area contributed by atoms with Crippen molar-refractivity contribution in [2.45, 2.75) is 38.3 Å². The standard InChI is InChI=1S/C15H25N5O/c1-15(21,16-2)12-11-13(19-7-3-4-8-19)18-14(17-12)20-9-5-6-10-20/h11,16,21H,3-10H2,1-2H3. The van der Waals surface area contributed by atoms with E-state index in [-0.39, 0.29) is 0 Å². The molecule has 2 fully saturated rings. The van der Waals surface area contributed by atoms with E-state index in [1.165, 1.54) is 25.7 Å². The maximum atomic E-state index is 10.5. The van der Waals surface area contributed by atoms with Gasteiger partial charge in [0.15, 0.2) is 5.72 Å².